The number of hydrogen-bond donors (Lipinski definition) is 10. The van der Waals surface area contributed by atoms with Gasteiger partial charge in [0.25, 0.3) is 0 Å². The number of carbonyl (C=O) groups excluding carboxylic acids is 2. The van der Waals surface area contributed by atoms with Crippen molar-refractivity contribution in [3.63, 3.8) is 0 Å². The number of aliphatic hydroxyl groups is 1. The molecule has 1 fully saturated rings. The Labute approximate surface area is 261 Å². The number of ether oxygens (including phenoxy) is 2. The molecule has 1 aliphatic rings. The van der Waals surface area contributed by atoms with E-state index in [9.17, 15) is 43.0 Å². The maximum atomic E-state index is 12.6. The largest absolute Gasteiger partial charge is 0.490 e. The van der Waals surface area contributed by atoms with E-state index in [0.29, 0.717) is 5.82 Å². The van der Waals surface area contributed by atoms with Gasteiger partial charge in [-0.15, -0.1) is 0 Å². The number of rotatable bonds is 15. The van der Waals surface area contributed by atoms with Gasteiger partial charge in [0.05, 0.1) is 25.4 Å². The molecule has 11 N–H and O–H groups in total. The van der Waals surface area contributed by atoms with Crippen molar-refractivity contribution in [2.24, 2.45) is 5.73 Å². The molecule has 7 atom stereocenters. The number of fused-ring (bicyclic) bond motifs is 1. The van der Waals surface area contributed by atoms with Gasteiger partial charge in [0.15, 0.2) is 17.0 Å². The summed E-state index contributed by atoms with van der Waals surface area (Å²) in [7, 11) is -17.1. The number of H-pyrrole nitrogens is 1. The number of imidazole rings is 1. The minimum Gasteiger partial charge on any atom is -0.481 e. The third-order valence-electron chi connectivity index (χ3n) is 5.64. The van der Waals surface area contributed by atoms with Crippen LogP contribution in [0.4, 0.5) is 4.79 Å². The van der Waals surface area contributed by atoms with Gasteiger partial charge in [0, 0.05) is 13.1 Å². The van der Waals surface area contributed by atoms with Crippen LogP contribution in [0.25, 0.3) is 11.2 Å². The summed E-state index contributed by atoms with van der Waals surface area (Å²) in [6.07, 6.45) is -7.15. The molecule has 4 unspecified atom stereocenters. The number of nitrogens with two attached hydrogens (primary N) is 1. The fourth-order valence-electron chi connectivity index (χ4n) is 3.84. The van der Waals surface area contributed by atoms with E-state index in [1.807, 2.05) is 0 Å². The Hall–Kier alpha value is -2.73. The second-order valence-corrected chi connectivity index (χ2v) is 14.0. The Morgan fingerprint density at radius 2 is 1.80 bits per heavy atom. The number of phosphoric ester groups is 1. The molecule has 0 saturated carbocycles. The van der Waals surface area contributed by atoms with Gasteiger partial charge in [-0.05, 0) is 6.92 Å². The van der Waals surface area contributed by atoms with Crippen LogP contribution in [-0.2, 0) is 45.9 Å². The molecule has 28 heteroatoms. The summed E-state index contributed by atoms with van der Waals surface area (Å²) in [5.74, 6) is -1.76. The van der Waals surface area contributed by atoms with E-state index >= 15 is 0 Å². The number of aliphatic hydroxyl groups excluding tert-OH is 1. The summed E-state index contributed by atoms with van der Waals surface area (Å²) in [6.45, 7) is 0.0259. The van der Waals surface area contributed by atoms with E-state index in [4.69, 9.17) is 42.3 Å². The van der Waals surface area contributed by atoms with E-state index < -0.39 is 85.0 Å². The van der Waals surface area contributed by atoms with Gasteiger partial charge < -0.3 is 60.6 Å². The van der Waals surface area contributed by atoms with Crippen LogP contribution >= 0.6 is 35.7 Å². The van der Waals surface area contributed by atoms with Crippen LogP contribution in [0.5, 0.6) is 0 Å². The number of alkyl carbamates (subject to hydrolysis) is 1. The molecule has 3 rings (SSSR count). The van der Waals surface area contributed by atoms with Crippen molar-refractivity contribution in [1.29, 1.82) is 0 Å². The van der Waals surface area contributed by atoms with Crippen molar-refractivity contribution >= 4 is 64.8 Å². The molecule has 3 heterocycles. The number of carbonyl (C=O) groups is 3. The first kappa shape index (κ1) is 37.7. The van der Waals surface area contributed by atoms with Gasteiger partial charge >= 0.3 is 35.5 Å². The Kier molecular flexibility index (Phi) is 12.3. The lowest BCUT2D eigenvalue weighted by Crippen LogP contribution is -2.45. The maximum absolute atomic E-state index is 12.6. The van der Waals surface area contributed by atoms with Crippen molar-refractivity contribution in [1.82, 2.24) is 30.2 Å². The molecule has 0 spiro atoms. The summed E-state index contributed by atoms with van der Waals surface area (Å²) in [4.78, 5) is 82.7. The van der Waals surface area contributed by atoms with Crippen LogP contribution in [0, 0.1) is 11.6 Å². The third-order valence-corrected chi connectivity index (χ3v) is 9.72. The predicted molar refractivity (Wildman–Crippen MR) is 149 cm³/mol. The zero-order valence-corrected chi connectivity index (χ0v) is 26.6. The highest BCUT2D eigenvalue weighted by molar-refractivity contribution is 7.71. The molecule has 46 heavy (non-hydrogen) atoms. The fraction of sp³-hybridized carbons (Fsp3) is 0.556. The molecule has 2 aromatic heterocycles. The molecule has 0 aromatic carbocycles. The smallest absolute Gasteiger partial charge is 0.481 e. The number of aliphatic carboxylic acids is 1. The predicted octanol–water partition coefficient (Wildman–Crippen LogP) is -1.59. The molecule has 0 bridgehead atoms. The SMILES string of the molecule is Cc1nc(=S)c2ncn([C@@H]3O[C@H](COP(=O)(O)OP(=O)(O)OP(=O)(O)O)C(O)[C@@H]3OC(=O)NCCNC(=O)C(N)CC(=O)O)c2[nH]1. The number of aromatic nitrogens is 4. The topological polar surface area (TPSA) is 367 Å². The minimum absolute atomic E-state index is 0.0769. The Balaban J connectivity index is 1.74. The molecule has 0 radical (unpaired) electrons. The van der Waals surface area contributed by atoms with Gasteiger partial charge in [-0.2, -0.15) is 8.62 Å². The Morgan fingerprint density at radius 1 is 1.15 bits per heavy atom. The number of phosphoric acid groups is 3. The molecule has 24 nitrogen and oxygen atoms in total. The zero-order valence-electron chi connectivity index (χ0n) is 23.1. The number of nitrogens with zero attached hydrogens (tertiary/aromatic N) is 3. The number of carboxylic acids is 1. The van der Waals surface area contributed by atoms with Crippen LogP contribution in [0.2, 0.25) is 0 Å². The lowest BCUT2D eigenvalue weighted by Gasteiger charge is -2.22. The minimum atomic E-state index is -5.84. The molecule has 258 valence electrons. The Morgan fingerprint density at radius 3 is 2.43 bits per heavy atom. The number of nitrogens with one attached hydrogen (secondary N) is 3. The van der Waals surface area contributed by atoms with Crippen molar-refractivity contribution in [2.75, 3.05) is 19.7 Å². The molecular weight excluding hydrogens is 711 g/mol. The average Bonchev–Trinajstić information content (AvgIpc) is 3.43. The molecular formula is C18H28N7O17P3S. The normalized spacial score (nSPS) is 23.3. The summed E-state index contributed by atoms with van der Waals surface area (Å²) < 4.78 is 58.9. The first-order valence-corrected chi connectivity index (χ1v) is 17.4. The zero-order chi connectivity index (χ0) is 34.6. The number of amides is 2. The second-order valence-electron chi connectivity index (χ2n) is 9.21. The number of aromatic amines is 1. The van der Waals surface area contributed by atoms with Crippen LogP contribution in [0.15, 0.2) is 6.33 Å². The van der Waals surface area contributed by atoms with Crippen LogP contribution in [0.1, 0.15) is 18.5 Å². The standard InChI is InChI=1S/C18H28N7O17P3S/c1-7-23-14-11(16(46)24-7)22-6-25(14)17-13(40-18(30)21-3-2-20-15(29)8(19)4-10(26)27)12(28)9(39-17)5-38-44(34,35)42-45(36,37)41-43(31,32)33/h6,8-9,12-13,17,28H,2-5,19H2,1H3,(H,20,29)(H,21,30)(H,26,27)(H,34,35)(H,36,37)(H,23,24,46)(H2,31,32,33)/t8?,9-,12?,13+,17-/m1/s1. The summed E-state index contributed by atoms with van der Waals surface area (Å²) in [5, 5.41) is 24.2. The Bertz CT molecular complexity index is 1660. The van der Waals surface area contributed by atoms with Crippen LogP contribution in [0.3, 0.4) is 0 Å². The van der Waals surface area contributed by atoms with Crippen molar-refractivity contribution in [2.45, 2.75) is 43.9 Å². The van der Waals surface area contributed by atoms with Crippen molar-refractivity contribution < 1.29 is 80.5 Å². The van der Waals surface area contributed by atoms with Gasteiger partial charge in [0.2, 0.25) is 5.91 Å². The van der Waals surface area contributed by atoms with Crippen LogP contribution in [-0.4, -0.2) is 111 Å². The first-order valence-electron chi connectivity index (χ1n) is 12.4. The lowest BCUT2D eigenvalue weighted by molar-refractivity contribution is -0.139. The molecule has 0 aliphatic carbocycles. The summed E-state index contributed by atoms with van der Waals surface area (Å²) >= 11 is 5.19. The van der Waals surface area contributed by atoms with Crippen molar-refractivity contribution in [3.8, 4) is 0 Å². The van der Waals surface area contributed by atoms with Gasteiger partial charge in [-0.25, -0.2) is 28.5 Å². The first-order chi connectivity index (χ1) is 21.2. The molecule has 2 aromatic rings. The van der Waals surface area contributed by atoms with E-state index in [0.717, 1.165) is 0 Å². The lowest BCUT2D eigenvalue weighted by atomic mass is 10.1. The summed E-state index contributed by atoms with van der Waals surface area (Å²) in [6, 6.07) is -1.34. The van der Waals surface area contributed by atoms with E-state index in [1.54, 1.807) is 6.92 Å². The van der Waals surface area contributed by atoms with Gasteiger partial charge in [0.1, 0.15) is 29.2 Å². The fourth-order valence-corrected chi connectivity index (χ4v) is 7.16. The number of aryl methyl sites for hydroxylation is 1. The van der Waals surface area contributed by atoms with E-state index in [-0.39, 0.29) is 28.9 Å². The highest BCUT2D eigenvalue weighted by atomic mass is 32.1. The molecule has 2 amide bonds. The monoisotopic (exact) mass is 739 g/mol. The number of carboxylic acid groups (broad SMARTS) is 1. The third kappa shape index (κ3) is 10.7. The molecule has 1 aliphatic heterocycles. The number of hydrogen-bond acceptors (Lipinski definition) is 16. The molecule has 1 saturated heterocycles. The maximum Gasteiger partial charge on any atom is 0.490 e. The summed E-state index contributed by atoms with van der Waals surface area (Å²) in [5.41, 5.74) is 5.81. The second kappa shape index (κ2) is 15.0. The van der Waals surface area contributed by atoms with Crippen LogP contribution < -0.4 is 16.4 Å². The van der Waals surface area contributed by atoms with E-state index in [2.05, 4.69) is 38.7 Å². The van der Waals surface area contributed by atoms with Crippen molar-refractivity contribution in [3.05, 3.63) is 16.8 Å². The van der Waals surface area contributed by atoms with Gasteiger partial charge in [-0.3, -0.25) is 18.7 Å². The highest BCUT2D eigenvalue weighted by Gasteiger charge is 2.49. The average molecular weight is 739 g/mol. The highest BCUT2D eigenvalue weighted by Crippen LogP contribution is 2.66. The quantitative estimate of drug-likeness (QED) is 0.0559. The van der Waals surface area contributed by atoms with E-state index in [1.165, 1.54) is 10.9 Å². The van der Waals surface area contributed by atoms with Gasteiger partial charge in [-0.1, -0.05) is 12.2 Å².